The average Bonchev–Trinajstić information content (AvgIpc) is 2.88. The Labute approximate surface area is 186 Å². The number of aromatic nitrogens is 2. The first-order valence-electron chi connectivity index (χ1n) is 10.2. The summed E-state index contributed by atoms with van der Waals surface area (Å²) in [5, 5.41) is 15.0. The van der Waals surface area contributed by atoms with Crippen molar-refractivity contribution in [1.82, 2.24) is 15.3 Å². The summed E-state index contributed by atoms with van der Waals surface area (Å²) in [6, 6.07) is 24.9. The summed E-state index contributed by atoms with van der Waals surface area (Å²) in [6.07, 6.45) is 5.78. The molecule has 0 aliphatic rings. The highest BCUT2D eigenvalue weighted by atomic mass is 16.5. The first kappa shape index (κ1) is 21.2. The summed E-state index contributed by atoms with van der Waals surface area (Å²) in [4.78, 5) is 21.2. The van der Waals surface area contributed by atoms with Gasteiger partial charge in [0.1, 0.15) is 12.2 Å². The molecule has 1 amide bonds. The summed E-state index contributed by atoms with van der Waals surface area (Å²) in [5.41, 5.74) is 0.971. The lowest BCUT2D eigenvalue weighted by Crippen LogP contribution is -2.45. The Morgan fingerprint density at radius 2 is 1.41 bits per heavy atom. The van der Waals surface area contributed by atoms with Crippen LogP contribution in [-0.2, 0) is 16.9 Å². The molecule has 4 rings (SSSR count). The molecule has 0 saturated heterocycles. The SMILES string of the molecule is O=C(N[C@H](c1ccccc1)C(O)(c1cccnc1)c1cccnc1)OCc1ccccc1. The first-order chi connectivity index (χ1) is 15.7. The van der Waals surface area contributed by atoms with E-state index in [1.54, 1.807) is 49.1 Å². The van der Waals surface area contributed by atoms with Gasteiger partial charge < -0.3 is 15.2 Å². The van der Waals surface area contributed by atoms with Crippen molar-refractivity contribution in [2.24, 2.45) is 0 Å². The number of carbonyl (C=O) groups is 1. The molecule has 0 aliphatic carbocycles. The van der Waals surface area contributed by atoms with Gasteiger partial charge in [0.25, 0.3) is 0 Å². The standard InChI is InChI=1S/C26H23N3O3/c30-25(32-19-20-9-3-1-4-10-20)29-24(21-11-5-2-6-12-21)26(31,22-13-7-15-27-17-22)23-14-8-16-28-18-23/h1-18,24,31H,19H2,(H,29,30)/t24-/m1/s1. The molecule has 6 nitrogen and oxygen atoms in total. The Bertz CT molecular complexity index is 1080. The van der Waals surface area contributed by atoms with Gasteiger partial charge in [-0.25, -0.2) is 4.79 Å². The van der Waals surface area contributed by atoms with E-state index in [1.807, 2.05) is 60.7 Å². The summed E-state index contributed by atoms with van der Waals surface area (Å²) >= 11 is 0. The van der Waals surface area contributed by atoms with Crippen LogP contribution in [0.25, 0.3) is 0 Å². The minimum Gasteiger partial charge on any atom is -0.445 e. The van der Waals surface area contributed by atoms with Crippen molar-refractivity contribution in [2.75, 3.05) is 0 Å². The Balaban J connectivity index is 1.71. The number of rotatable bonds is 7. The molecule has 0 bridgehead atoms. The van der Waals surface area contributed by atoms with Gasteiger partial charge in [0.2, 0.25) is 0 Å². The van der Waals surface area contributed by atoms with Crippen LogP contribution in [0.2, 0.25) is 0 Å². The Kier molecular flexibility index (Phi) is 6.53. The summed E-state index contributed by atoms with van der Waals surface area (Å²) < 4.78 is 5.45. The third-order valence-corrected chi connectivity index (χ3v) is 5.23. The molecule has 0 spiro atoms. The van der Waals surface area contributed by atoms with Crippen LogP contribution in [0.5, 0.6) is 0 Å². The van der Waals surface area contributed by atoms with Crippen LogP contribution in [0.15, 0.2) is 110 Å². The third-order valence-electron chi connectivity index (χ3n) is 5.23. The Hall–Kier alpha value is -4.03. The topological polar surface area (TPSA) is 84.3 Å². The van der Waals surface area contributed by atoms with Crippen molar-refractivity contribution >= 4 is 6.09 Å². The van der Waals surface area contributed by atoms with Gasteiger partial charge in [-0.3, -0.25) is 9.97 Å². The van der Waals surface area contributed by atoms with Crippen LogP contribution in [0.3, 0.4) is 0 Å². The molecule has 0 unspecified atom stereocenters. The number of nitrogens with one attached hydrogen (secondary N) is 1. The maximum absolute atomic E-state index is 12.8. The van der Waals surface area contributed by atoms with Gasteiger partial charge in [0, 0.05) is 35.9 Å². The van der Waals surface area contributed by atoms with Crippen molar-refractivity contribution in [3.63, 3.8) is 0 Å². The van der Waals surface area contributed by atoms with Gasteiger partial charge in [-0.05, 0) is 23.3 Å². The second-order valence-corrected chi connectivity index (χ2v) is 7.30. The second kappa shape index (κ2) is 9.85. The van der Waals surface area contributed by atoms with E-state index in [4.69, 9.17) is 4.74 Å². The number of hydrogen-bond donors (Lipinski definition) is 2. The van der Waals surface area contributed by atoms with Crippen LogP contribution >= 0.6 is 0 Å². The average molecular weight is 425 g/mol. The zero-order valence-corrected chi connectivity index (χ0v) is 17.3. The van der Waals surface area contributed by atoms with Gasteiger partial charge in [0.05, 0.1) is 6.04 Å². The lowest BCUT2D eigenvalue weighted by molar-refractivity contribution is 0.0318. The first-order valence-corrected chi connectivity index (χ1v) is 10.2. The molecule has 2 heterocycles. The van der Waals surface area contributed by atoms with Crippen molar-refractivity contribution in [1.29, 1.82) is 0 Å². The third kappa shape index (κ3) is 4.66. The summed E-state index contributed by atoms with van der Waals surface area (Å²) in [6.45, 7) is 0.117. The van der Waals surface area contributed by atoms with Crippen molar-refractivity contribution in [3.05, 3.63) is 132 Å². The summed E-state index contributed by atoms with van der Waals surface area (Å²) in [5.74, 6) is 0. The van der Waals surface area contributed by atoms with Gasteiger partial charge in [-0.1, -0.05) is 72.8 Å². The van der Waals surface area contributed by atoms with Crippen LogP contribution < -0.4 is 5.32 Å². The molecule has 160 valence electrons. The predicted molar refractivity (Wildman–Crippen MR) is 120 cm³/mol. The highest BCUT2D eigenvalue weighted by Gasteiger charge is 2.43. The number of amides is 1. The van der Waals surface area contributed by atoms with E-state index in [-0.39, 0.29) is 6.61 Å². The highest BCUT2D eigenvalue weighted by molar-refractivity contribution is 5.68. The number of pyridine rings is 2. The largest absolute Gasteiger partial charge is 0.445 e. The van der Waals surface area contributed by atoms with Crippen molar-refractivity contribution in [2.45, 2.75) is 18.2 Å². The molecular weight excluding hydrogens is 402 g/mol. The molecule has 0 saturated carbocycles. The van der Waals surface area contributed by atoms with Gasteiger partial charge in [-0.2, -0.15) is 0 Å². The quantitative estimate of drug-likeness (QED) is 0.459. The number of alkyl carbamates (subject to hydrolysis) is 1. The lowest BCUT2D eigenvalue weighted by Gasteiger charge is -2.37. The fraction of sp³-hybridized carbons (Fsp3) is 0.115. The number of benzene rings is 2. The maximum Gasteiger partial charge on any atom is 0.408 e. The molecule has 0 radical (unpaired) electrons. The molecule has 4 aromatic rings. The van der Waals surface area contributed by atoms with E-state index in [2.05, 4.69) is 15.3 Å². The number of ether oxygens (including phenoxy) is 1. The number of carbonyl (C=O) groups excluding carboxylic acids is 1. The second-order valence-electron chi connectivity index (χ2n) is 7.30. The molecule has 6 heteroatoms. The van der Waals surface area contributed by atoms with E-state index >= 15 is 0 Å². The molecule has 2 aromatic carbocycles. The zero-order chi connectivity index (χ0) is 22.2. The fourth-order valence-corrected chi connectivity index (χ4v) is 3.63. The van der Waals surface area contributed by atoms with Gasteiger partial charge in [0.15, 0.2) is 0 Å². The van der Waals surface area contributed by atoms with Gasteiger partial charge >= 0.3 is 6.09 Å². The molecular formula is C26H23N3O3. The molecule has 1 atom stereocenters. The van der Waals surface area contributed by atoms with Crippen LogP contribution in [-0.4, -0.2) is 21.2 Å². The van der Waals surface area contributed by atoms with E-state index in [9.17, 15) is 9.90 Å². The molecule has 2 aromatic heterocycles. The smallest absolute Gasteiger partial charge is 0.408 e. The van der Waals surface area contributed by atoms with Gasteiger partial charge in [-0.15, -0.1) is 0 Å². The normalized spacial score (nSPS) is 12.0. The molecule has 2 N–H and O–H groups in total. The minimum atomic E-state index is -1.64. The zero-order valence-electron chi connectivity index (χ0n) is 17.3. The maximum atomic E-state index is 12.8. The lowest BCUT2D eigenvalue weighted by atomic mass is 9.78. The molecule has 0 aliphatic heterocycles. The number of aliphatic hydroxyl groups is 1. The minimum absolute atomic E-state index is 0.117. The van der Waals surface area contributed by atoms with E-state index < -0.39 is 17.7 Å². The predicted octanol–water partition coefficient (Wildman–Crippen LogP) is 4.38. The van der Waals surface area contributed by atoms with Crippen LogP contribution in [0, 0.1) is 0 Å². The fourth-order valence-electron chi connectivity index (χ4n) is 3.63. The molecule has 0 fully saturated rings. The van der Waals surface area contributed by atoms with Crippen LogP contribution in [0.4, 0.5) is 4.79 Å². The number of nitrogens with zero attached hydrogens (tertiary/aromatic N) is 2. The summed E-state index contributed by atoms with van der Waals surface area (Å²) in [7, 11) is 0. The van der Waals surface area contributed by atoms with Crippen molar-refractivity contribution < 1.29 is 14.6 Å². The van der Waals surface area contributed by atoms with E-state index in [1.165, 1.54) is 0 Å². The highest BCUT2D eigenvalue weighted by Crippen LogP contribution is 2.40. The molecule has 32 heavy (non-hydrogen) atoms. The monoisotopic (exact) mass is 425 g/mol. The number of hydrogen-bond acceptors (Lipinski definition) is 5. The van der Waals surface area contributed by atoms with E-state index in [0.29, 0.717) is 16.7 Å². The van der Waals surface area contributed by atoms with Crippen molar-refractivity contribution in [3.8, 4) is 0 Å². The van der Waals surface area contributed by atoms with Crippen LogP contribution in [0.1, 0.15) is 28.3 Å². The Morgan fingerprint density at radius 3 is 1.94 bits per heavy atom. The van der Waals surface area contributed by atoms with E-state index in [0.717, 1.165) is 5.56 Å². The Morgan fingerprint density at radius 1 is 0.844 bits per heavy atom.